The molecule has 0 atom stereocenters. The van der Waals surface area contributed by atoms with Gasteiger partial charge in [0.05, 0.1) is 10.9 Å². The number of rotatable bonds is 6. The number of fused-ring (bicyclic) bond motifs is 3. The molecule has 0 saturated carbocycles. The lowest BCUT2D eigenvalue weighted by atomic mass is 10.1. The minimum absolute atomic E-state index is 0.00132. The Kier molecular flexibility index (Phi) is 4.52. The third kappa shape index (κ3) is 2.91. The number of aromatic nitrogens is 4. The van der Waals surface area contributed by atoms with E-state index in [2.05, 4.69) is 30.6 Å². The Labute approximate surface area is 139 Å². The van der Waals surface area contributed by atoms with Crippen molar-refractivity contribution in [3.63, 3.8) is 0 Å². The van der Waals surface area contributed by atoms with E-state index in [1.165, 1.54) is 0 Å². The summed E-state index contributed by atoms with van der Waals surface area (Å²) in [4.78, 5) is 12.8. The zero-order valence-corrected chi connectivity index (χ0v) is 14.2. The van der Waals surface area contributed by atoms with Gasteiger partial charge in [-0.25, -0.2) is 0 Å². The van der Waals surface area contributed by atoms with Gasteiger partial charge in [0.2, 0.25) is 5.78 Å². The Morgan fingerprint density at radius 2 is 2.09 bits per heavy atom. The van der Waals surface area contributed by atoms with Gasteiger partial charge in [-0.2, -0.15) is 0 Å². The first-order valence-corrected chi connectivity index (χ1v) is 8.72. The van der Waals surface area contributed by atoms with Crippen molar-refractivity contribution in [2.24, 2.45) is 5.92 Å². The summed E-state index contributed by atoms with van der Waals surface area (Å²) >= 11 is 1.57. The van der Waals surface area contributed by atoms with Gasteiger partial charge in [0, 0.05) is 12.3 Å². The molecule has 0 fully saturated rings. The summed E-state index contributed by atoms with van der Waals surface area (Å²) in [7, 11) is 0. The summed E-state index contributed by atoms with van der Waals surface area (Å²) in [6.07, 6.45) is 2.76. The van der Waals surface area contributed by atoms with Crippen molar-refractivity contribution in [3.05, 3.63) is 47.3 Å². The summed E-state index contributed by atoms with van der Waals surface area (Å²) in [5.74, 6) is 1.88. The van der Waals surface area contributed by atoms with Crippen LogP contribution in [0.3, 0.4) is 0 Å². The van der Waals surface area contributed by atoms with Crippen molar-refractivity contribution in [1.29, 1.82) is 0 Å². The van der Waals surface area contributed by atoms with Gasteiger partial charge in [-0.05, 0) is 24.5 Å². The number of aryl methyl sites for hydroxylation is 1. The van der Waals surface area contributed by atoms with E-state index in [0.29, 0.717) is 23.6 Å². The van der Waals surface area contributed by atoms with Gasteiger partial charge >= 0.3 is 0 Å². The standard InChI is InChI=1S/C17H20N4OS/c1-4-11-23-17-19-18-16-20(10-9-12(2)3)15(22)13-7-5-6-8-14(13)21(16)17/h4-8,12H,1,9-11H2,2-3H3. The highest BCUT2D eigenvalue weighted by Crippen LogP contribution is 2.21. The molecule has 0 saturated heterocycles. The second kappa shape index (κ2) is 6.58. The maximum atomic E-state index is 12.8. The topological polar surface area (TPSA) is 52.2 Å². The lowest BCUT2D eigenvalue weighted by Crippen LogP contribution is -2.24. The number of hydrogen-bond donors (Lipinski definition) is 0. The van der Waals surface area contributed by atoms with Crippen LogP contribution in [0.4, 0.5) is 0 Å². The predicted molar refractivity (Wildman–Crippen MR) is 95.1 cm³/mol. The van der Waals surface area contributed by atoms with Gasteiger partial charge in [-0.3, -0.25) is 13.8 Å². The van der Waals surface area contributed by atoms with Gasteiger partial charge in [-0.1, -0.05) is 43.8 Å². The molecule has 120 valence electrons. The molecule has 0 bridgehead atoms. The molecule has 0 aliphatic carbocycles. The number of benzene rings is 1. The molecule has 0 amide bonds. The van der Waals surface area contributed by atoms with E-state index in [9.17, 15) is 4.79 Å². The van der Waals surface area contributed by atoms with Gasteiger partial charge in [0.25, 0.3) is 5.56 Å². The lowest BCUT2D eigenvalue weighted by Gasteiger charge is -2.12. The third-order valence-corrected chi connectivity index (χ3v) is 4.66. The van der Waals surface area contributed by atoms with Crippen LogP contribution in [0.25, 0.3) is 16.7 Å². The van der Waals surface area contributed by atoms with E-state index >= 15 is 0 Å². The Bertz CT molecular complexity index is 910. The average molecular weight is 328 g/mol. The maximum Gasteiger partial charge on any atom is 0.262 e. The second-order valence-electron chi connectivity index (χ2n) is 5.87. The zero-order valence-electron chi connectivity index (χ0n) is 13.4. The Morgan fingerprint density at radius 3 is 2.83 bits per heavy atom. The molecule has 0 unspecified atom stereocenters. The van der Waals surface area contributed by atoms with Crippen LogP contribution in [0.5, 0.6) is 0 Å². The van der Waals surface area contributed by atoms with Crippen LogP contribution in [0.15, 0.2) is 46.9 Å². The molecule has 5 nitrogen and oxygen atoms in total. The number of para-hydroxylation sites is 1. The minimum atomic E-state index is 0.00132. The van der Waals surface area contributed by atoms with Crippen LogP contribution in [0, 0.1) is 5.92 Å². The molecule has 0 radical (unpaired) electrons. The molecule has 0 aliphatic rings. The van der Waals surface area contributed by atoms with E-state index in [1.807, 2.05) is 34.7 Å². The zero-order chi connectivity index (χ0) is 16.4. The SMILES string of the molecule is C=CCSc1nnc2n(CCC(C)C)c(=O)c3ccccc3n12. The molecule has 23 heavy (non-hydrogen) atoms. The van der Waals surface area contributed by atoms with Crippen LogP contribution >= 0.6 is 11.8 Å². The average Bonchev–Trinajstić information content (AvgIpc) is 2.96. The van der Waals surface area contributed by atoms with Crippen LogP contribution in [-0.4, -0.2) is 24.9 Å². The molecule has 3 rings (SSSR count). The molecular weight excluding hydrogens is 308 g/mol. The smallest absolute Gasteiger partial charge is 0.262 e. The fourth-order valence-electron chi connectivity index (χ4n) is 2.55. The third-order valence-electron chi connectivity index (χ3n) is 3.74. The summed E-state index contributed by atoms with van der Waals surface area (Å²) in [5.41, 5.74) is 0.853. The maximum absolute atomic E-state index is 12.8. The highest BCUT2D eigenvalue weighted by atomic mass is 32.2. The lowest BCUT2D eigenvalue weighted by molar-refractivity contribution is 0.512. The van der Waals surface area contributed by atoms with Crippen molar-refractivity contribution >= 4 is 28.4 Å². The normalized spacial score (nSPS) is 11.6. The van der Waals surface area contributed by atoms with Gasteiger partial charge in [-0.15, -0.1) is 16.8 Å². The summed E-state index contributed by atoms with van der Waals surface area (Å²) in [6.45, 7) is 8.70. The summed E-state index contributed by atoms with van der Waals surface area (Å²) in [6, 6.07) is 7.63. The van der Waals surface area contributed by atoms with Crippen molar-refractivity contribution in [2.75, 3.05) is 5.75 Å². The first kappa shape index (κ1) is 15.8. The molecule has 0 spiro atoms. The molecule has 1 aromatic carbocycles. The van der Waals surface area contributed by atoms with E-state index in [-0.39, 0.29) is 5.56 Å². The molecular formula is C17H20N4OS. The van der Waals surface area contributed by atoms with Crippen LogP contribution in [0.1, 0.15) is 20.3 Å². The highest BCUT2D eigenvalue weighted by molar-refractivity contribution is 7.99. The van der Waals surface area contributed by atoms with Crippen LogP contribution in [0.2, 0.25) is 0 Å². The van der Waals surface area contributed by atoms with Crippen molar-refractivity contribution < 1.29 is 0 Å². The largest absolute Gasteiger partial charge is 0.276 e. The quantitative estimate of drug-likeness (QED) is 0.514. The predicted octanol–water partition coefficient (Wildman–Crippen LogP) is 3.37. The van der Waals surface area contributed by atoms with Gasteiger partial charge < -0.3 is 0 Å². The monoisotopic (exact) mass is 328 g/mol. The first-order chi connectivity index (χ1) is 11.1. The van der Waals surface area contributed by atoms with Crippen LogP contribution < -0.4 is 5.56 Å². The number of hydrogen-bond acceptors (Lipinski definition) is 4. The van der Waals surface area contributed by atoms with Crippen molar-refractivity contribution in [3.8, 4) is 0 Å². The van der Waals surface area contributed by atoms with Crippen molar-refractivity contribution in [1.82, 2.24) is 19.2 Å². The van der Waals surface area contributed by atoms with Crippen LogP contribution in [-0.2, 0) is 6.54 Å². The molecule has 2 aromatic heterocycles. The van der Waals surface area contributed by atoms with E-state index in [0.717, 1.165) is 22.8 Å². The Morgan fingerprint density at radius 1 is 1.30 bits per heavy atom. The molecule has 3 aromatic rings. The van der Waals surface area contributed by atoms with E-state index in [1.54, 1.807) is 16.3 Å². The van der Waals surface area contributed by atoms with Crippen molar-refractivity contribution in [2.45, 2.75) is 32.0 Å². The first-order valence-electron chi connectivity index (χ1n) is 7.74. The number of thioether (sulfide) groups is 1. The fourth-order valence-corrected chi connectivity index (χ4v) is 3.22. The van der Waals surface area contributed by atoms with E-state index < -0.39 is 0 Å². The van der Waals surface area contributed by atoms with Gasteiger partial charge in [0.1, 0.15) is 0 Å². The Hall–Kier alpha value is -2.08. The molecule has 2 heterocycles. The minimum Gasteiger partial charge on any atom is -0.276 e. The summed E-state index contributed by atoms with van der Waals surface area (Å²) in [5, 5.41) is 10.0. The summed E-state index contributed by atoms with van der Waals surface area (Å²) < 4.78 is 3.72. The Balaban J connectivity index is 2.28. The fraction of sp³-hybridized carbons (Fsp3) is 0.353. The second-order valence-corrected chi connectivity index (χ2v) is 6.86. The van der Waals surface area contributed by atoms with Gasteiger partial charge in [0.15, 0.2) is 5.16 Å². The van der Waals surface area contributed by atoms with E-state index in [4.69, 9.17) is 0 Å². The molecule has 0 N–H and O–H groups in total. The highest BCUT2D eigenvalue weighted by Gasteiger charge is 2.16. The molecule has 0 aliphatic heterocycles. The molecule has 6 heteroatoms. The number of nitrogens with zero attached hydrogens (tertiary/aromatic N) is 4.